The summed E-state index contributed by atoms with van der Waals surface area (Å²) in [4.78, 5) is 0. The first-order valence-corrected chi connectivity index (χ1v) is 6.24. The highest BCUT2D eigenvalue weighted by Gasteiger charge is 2.51. The van der Waals surface area contributed by atoms with Gasteiger partial charge in [0.15, 0.2) is 0 Å². The average molecular weight is 178 g/mol. The summed E-state index contributed by atoms with van der Waals surface area (Å²) in [5.74, 6) is 6.83. The van der Waals surface area contributed by atoms with Crippen LogP contribution < -0.4 is 0 Å². The molecule has 13 heavy (non-hydrogen) atoms. The average Bonchev–Trinajstić information content (AvgIpc) is 2.71. The molecule has 0 spiro atoms. The van der Waals surface area contributed by atoms with Gasteiger partial charge in [-0.05, 0) is 67.6 Å². The van der Waals surface area contributed by atoms with Crippen LogP contribution >= 0.6 is 0 Å². The summed E-state index contributed by atoms with van der Waals surface area (Å²) >= 11 is 0. The van der Waals surface area contributed by atoms with Gasteiger partial charge in [-0.25, -0.2) is 0 Å². The monoisotopic (exact) mass is 178 g/mol. The van der Waals surface area contributed by atoms with Gasteiger partial charge in [0.25, 0.3) is 0 Å². The summed E-state index contributed by atoms with van der Waals surface area (Å²) in [5, 5.41) is 0. The van der Waals surface area contributed by atoms with Crippen molar-refractivity contribution in [2.24, 2.45) is 35.5 Å². The second-order valence-corrected chi connectivity index (χ2v) is 6.24. The van der Waals surface area contributed by atoms with Crippen LogP contribution in [-0.2, 0) is 0 Å². The fourth-order valence-corrected chi connectivity index (χ4v) is 3.95. The molecule has 0 bridgehead atoms. The molecular weight excluding hydrogens is 156 g/mol. The van der Waals surface area contributed by atoms with Gasteiger partial charge in [0.05, 0.1) is 0 Å². The zero-order valence-corrected chi connectivity index (χ0v) is 9.00. The molecule has 0 nitrogen and oxygen atoms in total. The number of hydrogen-bond donors (Lipinski definition) is 0. The number of rotatable bonds is 2. The fourth-order valence-electron chi connectivity index (χ4n) is 3.95. The molecule has 2 unspecified atom stereocenters. The van der Waals surface area contributed by atoms with E-state index >= 15 is 0 Å². The Bertz CT molecular complexity index is 174. The summed E-state index contributed by atoms with van der Waals surface area (Å²) in [6.07, 6.45) is 7.84. The first-order chi connectivity index (χ1) is 6.24. The molecule has 0 N–H and O–H groups in total. The third-order valence-corrected chi connectivity index (χ3v) is 4.92. The Morgan fingerprint density at radius 2 is 1.00 bits per heavy atom. The van der Waals surface area contributed by atoms with Crippen LogP contribution in [0.2, 0.25) is 0 Å². The minimum Gasteiger partial charge on any atom is -0.0625 e. The van der Waals surface area contributed by atoms with Crippen molar-refractivity contribution in [3.8, 4) is 0 Å². The van der Waals surface area contributed by atoms with Crippen LogP contribution in [0.25, 0.3) is 0 Å². The van der Waals surface area contributed by atoms with E-state index in [2.05, 4.69) is 13.8 Å². The maximum Gasteiger partial charge on any atom is -0.0352 e. The Kier molecular flexibility index (Phi) is 1.76. The van der Waals surface area contributed by atoms with Crippen molar-refractivity contribution in [3.63, 3.8) is 0 Å². The van der Waals surface area contributed by atoms with Crippen LogP contribution in [0.1, 0.15) is 46.0 Å². The quantitative estimate of drug-likeness (QED) is 0.604. The van der Waals surface area contributed by atoms with E-state index < -0.39 is 0 Å². The Labute approximate surface area is 82.1 Å². The van der Waals surface area contributed by atoms with E-state index in [4.69, 9.17) is 0 Å². The summed E-state index contributed by atoms with van der Waals surface area (Å²) in [7, 11) is 0. The molecule has 3 aliphatic carbocycles. The molecule has 0 saturated heterocycles. The Morgan fingerprint density at radius 3 is 1.31 bits per heavy atom. The molecule has 0 aromatic rings. The van der Waals surface area contributed by atoms with E-state index in [9.17, 15) is 0 Å². The van der Waals surface area contributed by atoms with E-state index in [-0.39, 0.29) is 0 Å². The normalized spacial score (nSPS) is 59.5. The summed E-state index contributed by atoms with van der Waals surface area (Å²) < 4.78 is 0. The fraction of sp³-hybridized carbons (Fsp3) is 1.00. The molecule has 74 valence electrons. The van der Waals surface area contributed by atoms with Gasteiger partial charge in [0.2, 0.25) is 0 Å². The molecule has 0 amide bonds. The summed E-state index contributed by atoms with van der Waals surface area (Å²) in [6, 6.07) is 0. The maximum absolute atomic E-state index is 2.42. The third kappa shape index (κ3) is 1.33. The molecule has 0 aliphatic heterocycles. The molecular formula is C13H22. The van der Waals surface area contributed by atoms with E-state index in [1.54, 1.807) is 32.1 Å². The molecule has 0 heterocycles. The molecule has 0 aromatic carbocycles. The van der Waals surface area contributed by atoms with Crippen LogP contribution in [0.4, 0.5) is 0 Å². The van der Waals surface area contributed by atoms with E-state index in [0.717, 1.165) is 23.7 Å². The van der Waals surface area contributed by atoms with Gasteiger partial charge in [0.1, 0.15) is 0 Å². The standard InChI is InChI=1S/C13H22/c1-8-3-10(4-8)12-7-13(12)11-5-9(2)6-11/h8-13H,3-7H2,1-2H3. The second kappa shape index (κ2) is 2.74. The number of hydrogen-bond acceptors (Lipinski definition) is 0. The molecule has 0 radical (unpaired) electrons. The van der Waals surface area contributed by atoms with E-state index in [1.165, 1.54) is 11.8 Å². The molecule has 2 atom stereocenters. The predicted molar refractivity (Wildman–Crippen MR) is 55.4 cm³/mol. The van der Waals surface area contributed by atoms with Gasteiger partial charge in [-0.15, -0.1) is 0 Å². The van der Waals surface area contributed by atoms with Crippen molar-refractivity contribution < 1.29 is 0 Å². The topological polar surface area (TPSA) is 0 Å². The van der Waals surface area contributed by atoms with Gasteiger partial charge in [-0.1, -0.05) is 13.8 Å². The minimum absolute atomic E-state index is 1.06. The molecule has 3 rings (SSSR count). The van der Waals surface area contributed by atoms with Crippen LogP contribution in [0, 0.1) is 35.5 Å². The zero-order valence-electron chi connectivity index (χ0n) is 9.00. The maximum atomic E-state index is 2.42. The van der Waals surface area contributed by atoms with Crippen molar-refractivity contribution in [3.05, 3.63) is 0 Å². The van der Waals surface area contributed by atoms with Crippen LogP contribution in [0.3, 0.4) is 0 Å². The van der Waals surface area contributed by atoms with E-state index in [0.29, 0.717) is 0 Å². The molecule has 3 saturated carbocycles. The van der Waals surface area contributed by atoms with E-state index in [1.807, 2.05) is 0 Å². The predicted octanol–water partition coefficient (Wildman–Crippen LogP) is 3.71. The van der Waals surface area contributed by atoms with Gasteiger partial charge >= 0.3 is 0 Å². The third-order valence-electron chi connectivity index (χ3n) is 4.92. The highest BCUT2D eigenvalue weighted by molar-refractivity contribution is 5.01. The summed E-state index contributed by atoms with van der Waals surface area (Å²) in [5.41, 5.74) is 0. The second-order valence-electron chi connectivity index (χ2n) is 6.24. The minimum atomic E-state index is 1.06. The lowest BCUT2D eigenvalue weighted by Gasteiger charge is -2.37. The van der Waals surface area contributed by atoms with Crippen LogP contribution in [0.5, 0.6) is 0 Å². The lowest BCUT2D eigenvalue weighted by atomic mass is 9.69. The first-order valence-electron chi connectivity index (χ1n) is 6.24. The molecule has 3 fully saturated rings. The Balaban J connectivity index is 1.46. The lowest BCUT2D eigenvalue weighted by molar-refractivity contribution is 0.134. The smallest absolute Gasteiger partial charge is 0.0352 e. The molecule has 0 aromatic heterocycles. The lowest BCUT2D eigenvalue weighted by Crippen LogP contribution is -2.27. The van der Waals surface area contributed by atoms with Crippen LogP contribution in [0.15, 0.2) is 0 Å². The first kappa shape index (κ1) is 8.32. The Hall–Kier alpha value is 0. The van der Waals surface area contributed by atoms with Crippen molar-refractivity contribution in [1.29, 1.82) is 0 Å². The summed E-state index contributed by atoms with van der Waals surface area (Å²) in [6.45, 7) is 4.83. The van der Waals surface area contributed by atoms with Crippen molar-refractivity contribution >= 4 is 0 Å². The van der Waals surface area contributed by atoms with Gasteiger partial charge < -0.3 is 0 Å². The van der Waals surface area contributed by atoms with Crippen molar-refractivity contribution in [1.82, 2.24) is 0 Å². The van der Waals surface area contributed by atoms with Gasteiger partial charge in [-0.2, -0.15) is 0 Å². The van der Waals surface area contributed by atoms with Gasteiger partial charge in [0, 0.05) is 0 Å². The molecule has 0 heteroatoms. The largest absolute Gasteiger partial charge is 0.0625 e. The van der Waals surface area contributed by atoms with Crippen molar-refractivity contribution in [2.45, 2.75) is 46.0 Å². The van der Waals surface area contributed by atoms with Crippen LogP contribution in [-0.4, -0.2) is 0 Å². The van der Waals surface area contributed by atoms with Gasteiger partial charge in [-0.3, -0.25) is 0 Å². The van der Waals surface area contributed by atoms with Crippen molar-refractivity contribution in [2.75, 3.05) is 0 Å². The Morgan fingerprint density at radius 1 is 0.615 bits per heavy atom. The SMILES string of the molecule is CC1CC(C2CC2C2CC(C)C2)C1. The highest BCUT2D eigenvalue weighted by atomic mass is 14.6. The highest BCUT2D eigenvalue weighted by Crippen LogP contribution is 2.60. The molecule has 3 aliphatic rings. The zero-order chi connectivity index (χ0) is 9.00.